The number of carbonyl (C=O) groups excluding carboxylic acids is 1. The highest BCUT2D eigenvalue weighted by Crippen LogP contribution is 2.43. The average Bonchev–Trinajstić information content (AvgIpc) is 3.23. The second kappa shape index (κ2) is 44.5. The van der Waals surface area contributed by atoms with Crippen LogP contribution in [0.5, 0.6) is 0 Å². The molecule has 0 aliphatic carbocycles. The van der Waals surface area contributed by atoms with Crippen molar-refractivity contribution in [2.45, 2.75) is 199 Å². The summed E-state index contributed by atoms with van der Waals surface area (Å²) in [5, 5.41) is 8.91. The summed E-state index contributed by atoms with van der Waals surface area (Å²) in [5.74, 6) is -1.79. The van der Waals surface area contributed by atoms with E-state index in [1.54, 1.807) is 0 Å². The van der Waals surface area contributed by atoms with Gasteiger partial charge < -0.3 is 25.2 Å². The van der Waals surface area contributed by atoms with Crippen molar-refractivity contribution in [1.29, 1.82) is 0 Å². The van der Waals surface area contributed by atoms with Gasteiger partial charge in [-0.1, -0.05) is 189 Å². The fraction of sp³-hybridized carbons (Fsp3) is 0.714. The Balaban J connectivity index is 4.23. The summed E-state index contributed by atoms with van der Waals surface area (Å²) < 4.78 is 33.4. The van der Waals surface area contributed by atoms with Crippen LogP contribution >= 0.6 is 7.82 Å². The fourth-order valence-corrected chi connectivity index (χ4v) is 6.91. The minimum atomic E-state index is -4.63. The normalized spacial score (nSPS) is 14.5. The molecule has 0 aromatic carbocycles. The van der Waals surface area contributed by atoms with Crippen molar-refractivity contribution in [3.8, 4) is 0 Å². The number of carbonyl (C=O) groups is 2. The average molecular weight is 864 g/mol. The van der Waals surface area contributed by atoms with Crippen molar-refractivity contribution >= 4 is 19.8 Å². The van der Waals surface area contributed by atoms with Gasteiger partial charge in [0.1, 0.15) is 12.1 Å². The molecule has 346 valence electrons. The molecule has 0 bridgehead atoms. The number of hydrogen-bond donors (Lipinski definition) is 3. The van der Waals surface area contributed by atoms with E-state index in [0.717, 1.165) is 96.3 Å². The van der Waals surface area contributed by atoms with Crippen molar-refractivity contribution in [2.24, 2.45) is 5.73 Å². The molecular formula is C49H86NO9P. The summed E-state index contributed by atoms with van der Waals surface area (Å²) in [6.45, 7) is 3.72. The smallest absolute Gasteiger partial charge is 0.472 e. The number of phosphoric ester groups is 1. The van der Waals surface area contributed by atoms with E-state index in [-0.39, 0.29) is 13.0 Å². The third kappa shape index (κ3) is 43.5. The lowest BCUT2D eigenvalue weighted by molar-refractivity contribution is -0.154. The SMILES string of the molecule is CC/C=C\C/C=C\C/C=C\C/C=C\C/C=C\C/C=C\CCCCCCCOCC(COP(=O)(O)OCC(N)C(=O)O)OC(=O)CCCCCCCCCCCCCCCC. The van der Waals surface area contributed by atoms with Crippen LogP contribution in [0.1, 0.15) is 187 Å². The summed E-state index contributed by atoms with van der Waals surface area (Å²) in [7, 11) is -4.63. The van der Waals surface area contributed by atoms with Crippen molar-refractivity contribution in [3.63, 3.8) is 0 Å². The molecule has 0 saturated heterocycles. The Kier molecular flexibility index (Phi) is 42.5. The first-order chi connectivity index (χ1) is 29.2. The highest BCUT2D eigenvalue weighted by Gasteiger charge is 2.27. The van der Waals surface area contributed by atoms with E-state index in [4.69, 9.17) is 29.4 Å². The molecule has 0 heterocycles. The third-order valence-corrected chi connectivity index (χ3v) is 10.7. The lowest BCUT2D eigenvalue weighted by atomic mass is 10.0. The number of allylic oxidation sites excluding steroid dienone is 12. The highest BCUT2D eigenvalue weighted by atomic mass is 31.2. The van der Waals surface area contributed by atoms with Crippen LogP contribution in [0, 0.1) is 0 Å². The molecule has 3 unspecified atom stereocenters. The number of nitrogens with two attached hydrogens (primary N) is 1. The summed E-state index contributed by atoms with van der Waals surface area (Å²) >= 11 is 0. The van der Waals surface area contributed by atoms with Crippen LogP contribution in [0.15, 0.2) is 72.9 Å². The number of hydrogen-bond acceptors (Lipinski definition) is 8. The summed E-state index contributed by atoms with van der Waals surface area (Å²) in [6, 6.07) is -1.48. The van der Waals surface area contributed by atoms with Gasteiger partial charge in [-0.05, 0) is 64.2 Å². The Morgan fingerprint density at radius 3 is 1.45 bits per heavy atom. The van der Waals surface area contributed by atoms with Crippen molar-refractivity contribution in [3.05, 3.63) is 72.9 Å². The lowest BCUT2D eigenvalue weighted by Gasteiger charge is -2.20. The first-order valence-corrected chi connectivity index (χ1v) is 25.0. The molecule has 0 aromatic rings. The Labute approximate surface area is 365 Å². The highest BCUT2D eigenvalue weighted by molar-refractivity contribution is 7.47. The van der Waals surface area contributed by atoms with Crippen LogP contribution in [0.25, 0.3) is 0 Å². The van der Waals surface area contributed by atoms with E-state index in [9.17, 15) is 19.0 Å². The molecule has 0 fully saturated rings. The van der Waals surface area contributed by atoms with E-state index < -0.39 is 45.1 Å². The minimum Gasteiger partial charge on any atom is -0.480 e. The van der Waals surface area contributed by atoms with E-state index in [0.29, 0.717) is 13.0 Å². The fourth-order valence-electron chi connectivity index (χ4n) is 6.14. The molecule has 10 nitrogen and oxygen atoms in total. The molecule has 0 radical (unpaired) electrons. The van der Waals surface area contributed by atoms with Crippen molar-refractivity contribution in [1.82, 2.24) is 0 Å². The Hall–Kier alpha value is -2.59. The van der Waals surface area contributed by atoms with Gasteiger partial charge in [-0.2, -0.15) is 0 Å². The summed E-state index contributed by atoms with van der Waals surface area (Å²) in [4.78, 5) is 33.6. The molecule has 3 atom stereocenters. The maximum Gasteiger partial charge on any atom is 0.472 e. The molecule has 0 spiro atoms. The van der Waals surface area contributed by atoms with E-state index in [1.165, 1.54) is 64.2 Å². The van der Waals surface area contributed by atoms with Gasteiger partial charge in [-0.3, -0.25) is 18.6 Å². The van der Waals surface area contributed by atoms with Crippen LogP contribution in [0.3, 0.4) is 0 Å². The van der Waals surface area contributed by atoms with E-state index in [2.05, 4.69) is 86.8 Å². The first kappa shape index (κ1) is 57.4. The molecule has 0 aliphatic rings. The van der Waals surface area contributed by atoms with Gasteiger partial charge in [-0.15, -0.1) is 0 Å². The number of ether oxygens (including phenoxy) is 2. The number of esters is 1. The third-order valence-electron chi connectivity index (χ3n) is 9.75. The van der Waals surface area contributed by atoms with Gasteiger partial charge >= 0.3 is 19.8 Å². The Bertz CT molecular complexity index is 1230. The van der Waals surface area contributed by atoms with Crippen molar-refractivity contribution < 1.29 is 42.7 Å². The molecule has 0 rings (SSSR count). The maximum absolute atomic E-state index is 12.6. The Morgan fingerprint density at radius 2 is 0.967 bits per heavy atom. The monoisotopic (exact) mass is 864 g/mol. The van der Waals surface area contributed by atoms with Gasteiger partial charge in [0.2, 0.25) is 0 Å². The second-order valence-corrected chi connectivity index (χ2v) is 17.0. The molecule has 60 heavy (non-hydrogen) atoms. The number of phosphoric acid groups is 1. The van der Waals surface area contributed by atoms with Crippen LogP contribution in [-0.2, 0) is 32.7 Å². The summed E-state index contributed by atoms with van der Waals surface area (Å²) in [6.07, 6.45) is 55.2. The molecule has 4 N–H and O–H groups in total. The zero-order chi connectivity index (χ0) is 44.0. The van der Waals surface area contributed by atoms with Gasteiger partial charge in [-0.25, -0.2) is 4.57 Å². The summed E-state index contributed by atoms with van der Waals surface area (Å²) in [5.41, 5.74) is 5.36. The number of unbranched alkanes of at least 4 members (excludes halogenated alkanes) is 18. The van der Waals surface area contributed by atoms with Crippen LogP contribution < -0.4 is 5.73 Å². The largest absolute Gasteiger partial charge is 0.480 e. The van der Waals surface area contributed by atoms with Gasteiger partial charge in [0.25, 0.3) is 0 Å². The number of rotatable bonds is 44. The quantitative estimate of drug-likeness (QED) is 0.0233. The number of aliphatic carboxylic acids is 1. The molecule has 0 amide bonds. The Morgan fingerprint density at radius 1 is 0.550 bits per heavy atom. The topological polar surface area (TPSA) is 155 Å². The molecular weight excluding hydrogens is 778 g/mol. The second-order valence-electron chi connectivity index (χ2n) is 15.5. The zero-order valence-electron chi connectivity index (χ0n) is 37.8. The van der Waals surface area contributed by atoms with Crippen LogP contribution in [0.2, 0.25) is 0 Å². The standard InChI is InChI=1S/C49H86NO9P/c1-3-5-7-9-11-13-15-17-19-20-21-22-23-24-25-26-27-28-30-32-34-36-38-40-42-56-43-46(44-57-60(54,55)58-45-47(50)49(52)53)59-48(51)41-39-37-35-33-31-29-18-16-14-12-10-8-6-4-2/h5,7,11,13,17,19,21-22,24-25,27-28,46-47H,3-4,6,8-10,12,14-16,18,20,23,26,29-45,50H2,1-2H3,(H,52,53)(H,54,55)/b7-5-,13-11-,19-17-,22-21-,25-24-,28-27-. The molecule has 0 aliphatic heterocycles. The van der Waals surface area contributed by atoms with E-state index in [1.807, 2.05) is 0 Å². The zero-order valence-corrected chi connectivity index (χ0v) is 38.7. The van der Waals surface area contributed by atoms with Gasteiger partial charge in [0, 0.05) is 13.0 Å². The predicted octanol–water partition coefficient (Wildman–Crippen LogP) is 13.4. The van der Waals surface area contributed by atoms with Crippen LogP contribution in [-0.4, -0.2) is 60.5 Å². The van der Waals surface area contributed by atoms with Gasteiger partial charge in [0.15, 0.2) is 0 Å². The number of carboxylic acids is 1. The first-order valence-electron chi connectivity index (χ1n) is 23.5. The molecule has 11 heteroatoms. The van der Waals surface area contributed by atoms with Crippen LogP contribution in [0.4, 0.5) is 0 Å². The van der Waals surface area contributed by atoms with Crippen molar-refractivity contribution in [2.75, 3.05) is 26.4 Å². The van der Waals surface area contributed by atoms with Gasteiger partial charge in [0.05, 0.1) is 19.8 Å². The lowest BCUT2D eigenvalue weighted by Crippen LogP contribution is -2.34. The molecule has 0 aromatic heterocycles. The molecule has 0 saturated carbocycles. The maximum atomic E-state index is 12.6. The predicted molar refractivity (Wildman–Crippen MR) is 249 cm³/mol. The van der Waals surface area contributed by atoms with E-state index >= 15 is 0 Å². The minimum absolute atomic E-state index is 0.00179. The number of carboxylic acid groups (broad SMARTS) is 1.